The molecule has 1 N–H and O–H groups in total. The normalized spacial score (nSPS) is 18.9. The van der Waals surface area contributed by atoms with Crippen LogP contribution in [0, 0.1) is 5.92 Å². The number of hydrogen-bond acceptors (Lipinski definition) is 4. The maximum Gasteiger partial charge on any atom is 0.416 e. The van der Waals surface area contributed by atoms with Crippen molar-refractivity contribution < 1.29 is 35.9 Å². The molecule has 1 aliphatic rings. The molecular formula is C23H25F6N3O2. The summed E-state index contributed by atoms with van der Waals surface area (Å²) >= 11 is 0. The predicted octanol–water partition coefficient (Wildman–Crippen LogP) is 5.55. The Hall–Kier alpha value is -2.98. The largest absolute Gasteiger partial charge is 0.493 e. The number of alkyl halides is 6. The van der Waals surface area contributed by atoms with Crippen molar-refractivity contribution in [2.45, 2.75) is 44.1 Å². The molecule has 34 heavy (non-hydrogen) atoms. The zero-order valence-corrected chi connectivity index (χ0v) is 18.6. The molecule has 0 spiro atoms. The highest BCUT2D eigenvalue weighted by molar-refractivity contribution is 5.94. The quantitative estimate of drug-likeness (QED) is 0.541. The second kappa shape index (κ2) is 10.1. The molecule has 1 aromatic carbocycles. The summed E-state index contributed by atoms with van der Waals surface area (Å²) in [6.07, 6.45) is -5.28. The van der Waals surface area contributed by atoms with Crippen LogP contribution in [0.3, 0.4) is 0 Å². The Morgan fingerprint density at radius 2 is 1.65 bits per heavy atom. The fraction of sp³-hybridized carbons (Fsp3) is 0.478. The van der Waals surface area contributed by atoms with Gasteiger partial charge >= 0.3 is 12.4 Å². The number of aromatic nitrogens is 1. The van der Waals surface area contributed by atoms with Crippen LogP contribution in [0.15, 0.2) is 36.5 Å². The van der Waals surface area contributed by atoms with Gasteiger partial charge in [0.15, 0.2) is 11.6 Å². The molecule has 1 heterocycles. The first-order valence-corrected chi connectivity index (χ1v) is 10.7. The molecule has 5 nitrogen and oxygen atoms in total. The minimum absolute atomic E-state index is 0.00510. The number of rotatable bonds is 6. The van der Waals surface area contributed by atoms with Gasteiger partial charge in [0.2, 0.25) is 0 Å². The molecule has 0 radical (unpaired) electrons. The zero-order valence-electron chi connectivity index (χ0n) is 18.6. The summed E-state index contributed by atoms with van der Waals surface area (Å²) in [7, 11) is 3.49. The van der Waals surface area contributed by atoms with Gasteiger partial charge in [-0.3, -0.25) is 4.79 Å². The van der Waals surface area contributed by atoms with Gasteiger partial charge in [0.25, 0.3) is 5.91 Å². The molecule has 0 aliphatic heterocycles. The smallest absolute Gasteiger partial charge is 0.416 e. The minimum Gasteiger partial charge on any atom is -0.493 e. The van der Waals surface area contributed by atoms with Crippen molar-refractivity contribution in [3.05, 3.63) is 53.2 Å². The Balaban J connectivity index is 1.60. The number of benzene rings is 1. The number of anilines is 1. The molecular weight excluding hydrogens is 464 g/mol. The summed E-state index contributed by atoms with van der Waals surface area (Å²) < 4.78 is 83.5. The van der Waals surface area contributed by atoms with E-state index in [1.165, 1.54) is 0 Å². The number of methoxy groups -OCH3 is 1. The third-order valence-electron chi connectivity index (χ3n) is 6.07. The molecule has 1 fully saturated rings. The molecule has 186 valence electrons. The average Bonchev–Trinajstić information content (AvgIpc) is 2.81. The van der Waals surface area contributed by atoms with Crippen LogP contribution in [0.25, 0.3) is 0 Å². The van der Waals surface area contributed by atoms with E-state index in [9.17, 15) is 31.1 Å². The Labute approximate surface area is 193 Å². The maximum atomic E-state index is 13.0. The first-order chi connectivity index (χ1) is 15.9. The van der Waals surface area contributed by atoms with E-state index in [4.69, 9.17) is 4.74 Å². The number of pyridine rings is 1. The van der Waals surface area contributed by atoms with Gasteiger partial charge in [-0.25, -0.2) is 4.98 Å². The Bertz CT molecular complexity index is 969. The third-order valence-corrected chi connectivity index (χ3v) is 6.07. The van der Waals surface area contributed by atoms with E-state index < -0.39 is 35.0 Å². The molecule has 1 aromatic heterocycles. The van der Waals surface area contributed by atoms with Gasteiger partial charge in [0.1, 0.15) is 0 Å². The lowest BCUT2D eigenvalue weighted by molar-refractivity contribution is -0.143. The van der Waals surface area contributed by atoms with E-state index in [1.54, 1.807) is 19.4 Å². The highest BCUT2D eigenvalue weighted by atomic mass is 19.4. The van der Waals surface area contributed by atoms with Gasteiger partial charge < -0.3 is 15.0 Å². The summed E-state index contributed by atoms with van der Waals surface area (Å²) in [5.41, 5.74) is -3.69. The van der Waals surface area contributed by atoms with Crippen LogP contribution in [-0.2, 0) is 12.4 Å². The molecule has 1 amide bonds. The van der Waals surface area contributed by atoms with Crippen LogP contribution in [0.4, 0.5) is 32.2 Å². The Kier molecular flexibility index (Phi) is 7.62. The van der Waals surface area contributed by atoms with E-state index in [1.807, 2.05) is 18.0 Å². The van der Waals surface area contributed by atoms with E-state index in [2.05, 4.69) is 10.3 Å². The van der Waals surface area contributed by atoms with Gasteiger partial charge in [-0.2, -0.15) is 26.3 Å². The van der Waals surface area contributed by atoms with Crippen LogP contribution in [-0.4, -0.2) is 37.6 Å². The minimum atomic E-state index is -5.00. The molecule has 0 atom stereocenters. The summed E-state index contributed by atoms with van der Waals surface area (Å²) in [4.78, 5) is 18.8. The summed E-state index contributed by atoms with van der Waals surface area (Å²) in [6.45, 7) is 0.166. The molecule has 0 saturated heterocycles. The van der Waals surface area contributed by atoms with Gasteiger partial charge in [-0.1, -0.05) is 0 Å². The fourth-order valence-corrected chi connectivity index (χ4v) is 4.14. The van der Waals surface area contributed by atoms with E-state index >= 15 is 0 Å². The molecule has 1 aliphatic carbocycles. The number of carbonyl (C=O) groups is 1. The number of ether oxygens (including phenoxy) is 1. The molecule has 0 bridgehead atoms. The predicted molar refractivity (Wildman–Crippen MR) is 114 cm³/mol. The van der Waals surface area contributed by atoms with Gasteiger partial charge in [0.05, 0.1) is 18.2 Å². The third kappa shape index (κ3) is 6.12. The van der Waals surface area contributed by atoms with Crippen LogP contribution < -0.4 is 15.0 Å². The van der Waals surface area contributed by atoms with Crippen molar-refractivity contribution in [3.63, 3.8) is 0 Å². The monoisotopic (exact) mass is 489 g/mol. The first kappa shape index (κ1) is 25.6. The lowest BCUT2D eigenvalue weighted by Crippen LogP contribution is -2.38. The van der Waals surface area contributed by atoms with Crippen LogP contribution >= 0.6 is 0 Å². The Morgan fingerprint density at radius 3 is 2.18 bits per heavy atom. The number of hydrogen-bond donors (Lipinski definition) is 1. The van der Waals surface area contributed by atoms with Crippen molar-refractivity contribution in [2.75, 3.05) is 25.6 Å². The molecule has 0 unspecified atom stereocenters. The number of halogens is 6. The van der Waals surface area contributed by atoms with E-state index in [0.717, 1.165) is 25.7 Å². The second-order valence-corrected chi connectivity index (χ2v) is 8.32. The maximum absolute atomic E-state index is 13.0. The van der Waals surface area contributed by atoms with Gasteiger partial charge in [0, 0.05) is 31.4 Å². The van der Waals surface area contributed by atoms with Crippen molar-refractivity contribution >= 4 is 11.7 Å². The molecule has 11 heteroatoms. The van der Waals surface area contributed by atoms with Crippen molar-refractivity contribution in [3.8, 4) is 5.75 Å². The summed E-state index contributed by atoms with van der Waals surface area (Å²) in [6, 6.07) is 4.67. The molecule has 1 saturated carbocycles. The van der Waals surface area contributed by atoms with Crippen LogP contribution in [0.2, 0.25) is 0 Å². The Morgan fingerprint density at radius 1 is 1.06 bits per heavy atom. The first-order valence-electron chi connectivity index (χ1n) is 10.7. The molecule has 3 rings (SSSR count). The molecule has 2 aromatic rings. The lowest BCUT2D eigenvalue weighted by atomic mass is 9.85. The number of nitrogens with zero attached hydrogens (tertiary/aromatic N) is 2. The van der Waals surface area contributed by atoms with Crippen LogP contribution in [0.5, 0.6) is 5.75 Å². The number of nitrogens with one attached hydrogen (secondary N) is 1. The summed E-state index contributed by atoms with van der Waals surface area (Å²) in [5, 5.41) is 2.50. The topological polar surface area (TPSA) is 54.5 Å². The highest BCUT2D eigenvalue weighted by Gasteiger charge is 2.37. The lowest BCUT2D eigenvalue weighted by Gasteiger charge is -2.35. The SMILES string of the molecule is COc1cccnc1N(C)[C@H]1CC[C@@H](CNC(=O)c2cc(C(F)(F)F)cc(C(F)(F)F)c2)CC1. The van der Waals surface area contributed by atoms with Crippen molar-refractivity contribution in [1.82, 2.24) is 10.3 Å². The highest BCUT2D eigenvalue weighted by Crippen LogP contribution is 2.36. The van der Waals surface area contributed by atoms with Crippen molar-refractivity contribution in [1.29, 1.82) is 0 Å². The number of amides is 1. The zero-order chi connectivity index (χ0) is 25.1. The van der Waals surface area contributed by atoms with E-state index in [0.29, 0.717) is 23.7 Å². The van der Waals surface area contributed by atoms with Gasteiger partial charge in [-0.15, -0.1) is 0 Å². The average molecular weight is 489 g/mol. The summed E-state index contributed by atoms with van der Waals surface area (Å²) in [5.74, 6) is 0.464. The number of carbonyl (C=O) groups excluding carboxylic acids is 1. The standard InChI is InChI=1S/C23H25F6N3O2/c1-32(20-19(34-2)4-3-9-30-20)18-7-5-14(6-8-18)13-31-21(33)15-10-16(22(24,25)26)12-17(11-15)23(27,28)29/h3-4,9-12,14,18H,5-8,13H2,1-2H3,(H,31,33)/t14-,18+. The van der Waals surface area contributed by atoms with E-state index in [-0.39, 0.29) is 24.6 Å². The van der Waals surface area contributed by atoms with Crippen molar-refractivity contribution in [2.24, 2.45) is 5.92 Å². The fourth-order valence-electron chi connectivity index (χ4n) is 4.14. The second-order valence-electron chi connectivity index (χ2n) is 8.32. The van der Waals surface area contributed by atoms with Crippen LogP contribution in [0.1, 0.15) is 47.2 Å². The van der Waals surface area contributed by atoms with Gasteiger partial charge in [-0.05, 0) is 61.9 Å².